The number of hydrogen-bond acceptors (Lipinski definition) is 2. The lowest BCUT2D eigenvalue weighted by Crippen LogP contribution is -2.34. The first-order valence-electron chi connectivity index (χ1n) is 4.98. The van der Waals surface area contributed by atoms with Crippen LogP contribution in [0, 0.1) is 3.57 Å². The molecular formula is C11H10Cl2INO3. The Morgan fingerprint density at radius 1 is 1.44 bits per heavy atom. The predicted molar refractivity (Wildman–Crippen MR) is 78.4 cm³/mol. The fourth-order valence-electron chi connectivity index (χ4n) is 1.34. The summed E-state index contributed by atoms with van der Waals surface area (Å²) in [7, 11) is 0. The molecular weight excluding hydrogens is 392 g/mol. The molecule has 0 radical (unpaired) electrons. The highest BCUT2D eigenvalue weighted by molar-refractivity contribution is 14.1. The summed E-state index contributed by atoms with van der Waals surface area (Å²) in [5.41, 5.74) is 0.338. The van der Waals surface area contributed by atoms with Crippen LogP contribution in [0.1, 0.15) is 23.7 Å². The molecule has 0 saturated heterocycles. The van der Waals surface area contributed by atoms with Crippen molar-refractivity contribution in [1.29, 1.82) is 0 Å². The van der Waals surface area contributed by atoms with Crippen LogP contribution in [0.3, 0.4) is 0 Å². The van der Waals surface area contributed by atoms with Crippen molar-refractivity contribution in [2.24, 2.45) is 0 Å². The maximum absolute atomic E-state index is 11.9. The van der Waals surface area contributed by atoms with Crippen LogP contribution < -0.4 is 5.32 Å². The van der Waals surface area contributed by atoms with Crippen molar-refractivity contribution in [2.75, 3.05) is 0 Å². The molecule has 1 amide bonds. The Hall–Kier alpha value is -0.530. The van der Waals surface area contributed by atoms with Crippen LogP contribution in [-0.2, 0) is 4.79 Å². The first-order chi connectivity index (χ1) is 8.31. The summed E-state index contributed by atoms with van der Waals surface area (Å²) < 4.78 is 0.582. The number of amides is 1. The summed E-state index contributed by atoms with van der Waals surface area (Å²) >= 11 is 13.7. The minimum atomic E-state index is -0.971. The normalized spacial score (nSPS) is 12.0. The molecule has 7 heteroatoms. The molecule has 0 aromatic heterocycles. The highest BCUT2D eigenvalue weighted by Crippen LogP contribution is 2.26. The van der Waals surface area contributed by atoms with Gasteiger partial charge in [0.05, 0.1) is 17.0 Å². The van der Waals surface area contributed by atoms with Gasteiger partial charge in [0.2, 0.25) is 0 Å². The van der Waals surface area contributed by atoms with E-state index in [0.717, 1.165) is 0 Å². The Morgan fingerprint density at radius 3 is 2.61 bits per heavy atom. The zero-order valence-electron chi connectivity index (χ0n) is 9.34. The van der Waals surface area contributed by atoms with E-state index < -0.39 is 17.9 Å². The maximum Gasteiger partial charge on any atom is 0.305 e. The van der Waals surface area contributed by atoms with E-state index in [1.54, 1.807) is 13.0 Å². The number of halogens is 3. The van der Waals surface area contributed by atoms with E-state index in [1.165, 1.54) is 6.07 Å². The number of rotatable bonds is 4. The summed E-state index contributed by atoms with van der Waals surface area (Å²) in [5.74, 6) is -1.36. The van der Waals surface area contributed by atoms with E-state index in [4.69, 9.17) is 28.3 Å². The molecule has 2 N–H and O–H groups in total. The molecule has 0 aliphatic heterocycles. The van der Waals surface area contributed by atoms with Crippen molar-refractivity contribution < 1.29 is 14.7 Å². The minimum absolute atomic E-state index is 0.142. The van der Waals surface area contributed by atoms with Crippen molar-refractivity contribution in [3.8, 4) is 0 Å². The molecule has 4 nitrogen and oxygen atoms in total. The second kappa shape index (κ2) is 6.58. The highest BCUT2D eigenvalue weighted by atomic mass is 127. The van der Waals surface area contributed by atoms with Crippen LogP contribution in [0.15, 0.2) is 12.1 Å². The smallest absolute Gasteiger partial charge is 0.305 e. The van der Waals surface area contributed by atoms with E-state index in [2.05, 4.69) is 5.32 Å². The van der Waals surface area contributed by atoms with Gasteiger partial charge in [0.1, 0.15) is 0 Å². The van der Waals surface area contributed by atoms with Crippen LogP contribution in [0.25, 0.3) is 0 Å². The molecule has 0 aliphatic carbocycles. The summed E-state index contributed by atoms with van der Waals surface area (Å²) in [6.07, 6.45) is -0.142. The lowest BCUT2D eigenvalue weighted by atomic mass is 10.2. The predicted octanol–water partition coefficient (Wildman–Crippen LogP) is 3.19. The zero-order valence-corrected chi connectivity index (χ0v) is 13.0. The van der Waals surface area contributed by atoms with Gasteiger partial charge in [0, 0.05) is 14.6 Å². The third kappa shape index (κ3) is 4.29. The number of carboxylic acids is 1. The Balaban J connectivity index is 2.88. The van der Waals surface area contributed by atoms with Gasteiger partial charge >= 0.3 is 5.97 Å². The van der Waals surface area contributed by atoms with Gasteiger partial charge in [-0.05, 0) is 41.6 Å². The van der Waals surface area contributed by atoms with E-state index in [1.807, 2.05) is 22.6 Å². The SMILES string of the molecule is CC(CC(=O)O)NC(=O)c1cc(Cl)cc(Cl)c1I. The maximum atomic E-state index is 11.9. The molecule has 0 spiro atoms. The van der Waals surface area contributed by atoms with Crippen molar-refractivity contribution in [3.05, 3.63) is 31.3 Å². The Bertz CT molecular complexity index is 493. The average molecular weight is 402 g/mol. The molecule has 0 bridgehead atoms. The number of aliphatic carboxylic acids is 1. The van der Waals surface area contributed by atoms with Gasteiger partial charge < -0.3 is 10.4 Å². The molecule has 0 fully saturated rings. The van der Waals surface area contributed by atoms with Gasteiger partial charge in [0.25, 0.3) is 5.91 Å². The zero-order chi connectivity index (χ0) is 13.9. The largest absolute Gasteiger partial charge is 0.481 e. The average Bonchev–Trinajstić information content (AvgIpc) is 2.21. The number of nitrogens with one attached hydrogen (secondary N) is 1. The summed E-state index contributed by atoms with van der Waals surface area (Å²) in [6, 6.07) is 2.57. The summed E-state index contributed by atoms with van der Waals surface area (Å²) in [4.78, 5) is 22.4. The monoisotopic (exact) mass is 401 g/mol. The topological polar surface area (TPSA) is 66.4 Å². The molecule has 1 aromatic carbocycles. The van der Waals surface area contributed by atoms with Crippen LogP contribution in [0.5, 0.6) is 0 Å². The summed E-state index contributed by atoms with van der Waals surface area (Å²) in [5, 5.41) is 11.9. The lowest BCUT2D eigenvalue weighted by molar-refractivity contribution is -0.137. The van der Waals surface area contributed by atoms with Crippen LogP contribution in [-0.4, -0.2) is 23.0 Å². The highest BCUT2D eigenvalue weighted by Gasteiger charge is 2.17. The number of carboxylic acid groups (broad SMARTS) is 1. The third-order valence-electron chi connectivity index (χ3n) is 2.10. The Morgan fingerprint density at radius 2 is 2.06 bits per heavy atom. The second-order valence-corrected chi connectivity index (χ2v) is 5.64. The van der Waals surface area contributed by atoms with Crippen LogP contribution in [0.4, 0.5) is 0 Å². The van der Waals surface area contributed by atoms with Gasteiger partial charge in [-0.3, -0.25) is 9.59 Å². The Kier molecular flexibility index (Phi) is 5.68. The first kappa shape index (κ1) is 15.5. The number of hydrogen-bond donors (Lipinski definition) is 2. The minimum Gasteiger partial charge on any atom is -0.481 e. The first-order valence-corrected chi connectivity index (χ1v) is 6.82. The molecule has 1 atom stereocenters. The molecule has 0 aliphatic rings. The number of carbonyl (C=O) groups excluding carboxylic acids is 1. The van der Waals surface area contributed by atoms with Crippen molar-refractivity contribution in [3.63, 3.8) is 0 Å². The standard InChI is InChI=1S/C11H10Cl2INO3/c1-5(2-9(16)17)15-11(18)7-3-6(12)4-8(13)10(7)14/h3-5H,2H2,1H3,(H,15,18)(H,16,17). The summed E-state index contributed by atoms with van der Waals surface area (Å²) in [6.45, 7) is 1.62. The van der Waals surface area contributed by atoms with Gasteiger partial charge in [0.15, 0.2) is 0 Å². The number of benzene rings is 1. The van der Waals surface area contributed by atoms with E-state index in [0.29, 0.717) is 19.2 Å². The molecule has 18 heavy (non-hydrogen) atoms. The van der Waals surface area contributed by atoms with Gasteiger partial charge in [-0.2, -0.15) is 0 Å². The molecule has 0 saturated carbocycles. The lowest BCUT2D eigenvalue weighted by Gasteiger charge is -2.13. The quantitative estimate of drug-likeness (QED) is 0.601. The fourth-order valence-corrected chi connectivity index (χ4v) is 2.39. The van der Waals surface area contributed by atoms with E-state index >= 15 is 0 Å². The fraction of sp³-hybridized carbons (Fsp3) is 0.273. The van der Waals surface area contributed by atoms with Crippen LogP contribution in [0.2, 0.25) is 10.0 Å². The Labute approximate surface area is 128 Å². The van der Waals surface area contributed by atoms with Gasteiger partial charge in [-0.15, -0.1) is 0 Å². The van der Waals surface area contributed by atoms with Gasteiger partial charge in [-0.1, -0.05) is 23.2 Å². The van der Waals surface area contributed by atoms with Crippen molar-refractivity contribution in [2.45, 2.75) is 19.4 Å². The van der Waals surface area contributed by atoms with E-state index in [9.17, 15) is 9.59 Å². The second-order valence-electron chi connectivity index (χ2n) is 3.72. The third-order valence-corrected chi connectivity index (χ3v) is 4.09. The molecule has 1 rings (SSSR count). The molecule has 1 aromatic rings. The molecule has 0 heterocycles. The van der Waals surface area contributed by atoms with Gasteiger partial charge in [-0.25, -0.2) is 0 Å². The molecule has 1 unspecified atom stereocenters. The van der Waals surface area contributed by atoms with Crippen molar-refractivity contribution in [1.82, 2.24) is 5.32 Å². The van der Waals surface area contributed by atoms with E-state index in [-0.39, 0.29) is 6.42 Å². The number of carbonyl (C=O) groups is 2. The molecule has 98 valence electrons. The van der Waals surface area contributed by atoms with Crippen molar-refractivity contribution >= 4 is 57.7 Å². The van der Waals surface area contributed by atoms with Crippen LogP contribution >= 0.6 is 45.8 Å².